The maximum Gasteiger partial charge on any atom is 0.338 e. The lowest BCUT2D eigenvalue weighted by Gasteiger charge is -2.36. The van der Waals surface area contributed by atoms with Crippen LogP contribution in [0.25, 0.3) is 0 Å². The maximum atomic E-state index is 13.0. The van der Waals surface area contributed by atoms with E-state index in [1.54, 1.807) is 45.2 Å². The van der Waals surface area contributed by atoms with Crippen LogP contribution < -0.4 is 14.8 Å². The van der Waals surface area contributed by atoms with Gasteiger partial charge in [-0.25, -0.2) is 9.59 Å². The first-order chi connectivity index (χ1) is 15.9. The van der Waals surface area contributed by atoms with Crippen LogP contribution in [-0.2, 0) is 9.53 Å². The van der Waals surface area contributed by atoms with Gasteiger partial charge in [0.2, 0.25) is 0 Å². The Hall–Kier alpha value is -4.08. The van der Waals surface area contributed by atoms with Crippen LogP contribution in [-0.4, -0.2) is 48.7 Å². The second-order valence-corrected chi connectivity index (χ2v) is 7.02. The first-order valence-corrected chi connectivity index (χ1v) is 10.4. The van der Waals surface area contributed by atoms with Crippen LogP contribution in [0.15, 0.2) is 59.8 Å². The number of amides is 2. The molecule has 0 saturated heterocycles. The van der Waals surface area contributed by atoms with Gasteiger partial charge in [0.05, 0.1) is 36.0 Å². The number of non-ortho nitro benzene ring substituents is 1. The fourth-order valence-electron chi connectivity index (χ4n) is 3.50. The lowest BCUT2D eigenvalue weighted by atomic mass is 9.94. The lowest BCUT2D eigenvalue weighted by Crippen LogP contribution is -2.49. The number of rotatable bonds is 9. The summed E-state index contributed by atoms with van der Waals surface area (Å²) in [5.41, 5.74) is 0.982. The molecule has 0 saturated carbocycles. The highest BCUT2D eigenvalue weighted by atomic mass is 16.6. The number of hydrogen-bond donors (Lipinski definition) is 1. The Bertz CT molecular complexity index is 1050. The molecule has 2 aromatic rings. The van der Waals surface area contributed by atoms with Crippen LogP contribution in [0.5, 0.6) is 11.5 Å². The van der Waals surface area contributed by atoms with Crippen LogP contribution in [0.2, 0.25) is 0 Å². The van der Waals surface area contributed by atoms with Crippen molar-refractivity contribution >= 4 is 17.7 Å². The van der Waals surface area contributed by atoms with E-state index in [1.165, 1.54) is 29.2 Å². The second-order valence-electron chi connectivity index (χ2n) is 7.02. The topological polar surface area (TPSA) is 120 Å². The van der Waals surface area contributed by atoms with E-state index in [4.69, 9.17) is 14.2 Å². The molecule has 10 nitrogen and oxygen atoms in total. The first-order valence-electron chi connectivity index (χ1n) is 10.4. The van der Waals surface area contributed by atoms with Crippen molar-refractivity contribution in [2.45, 2.75) is 19.9 Å². The minimum atomic E-state index is -0.852. The largest absolute Gasteiger partial charge is 0.497 e. The summed E-state index contributed by atoms with van der Waals surface area (Å²) in [4.78, 5) is 37.8. The third kappa shape index (κ3) is 5.22. The molecule has 0 spiro atoms. The highest BCUT2D eigenvalue weighted by Crippen LogP contribution is 2.33. The van der Waals surface area contributed by atoms with Crippen molar-refractivity contribution in [3.8, 4) is 11.5 Å². The Kier molecular flexibility index (Phi) is 7.50. The summed E-state index contributed by atoms with van der Waals surface area (Å²) >= 11 is 0. The number of hydrogen-bond acceptors (Lipinski definition) is 7. The van der Waals surface area contributed by atoms with E-state index in [9.17, 15) is 19.7 Å². The SMILES string of the molecule is CCOC(=O)C1=C(COc2ccc(OC)cc2)N(CC)C(=O)NC1c1ccc([N+](=O)[O-])cc1. The first kappa shape index (κ1) is 23.6. The van der Waals surface area contributed by atoms with Gasteiger partial charge in [-0.05, 0) is 55.8 Å². The quantitative estimate of drug-likeness (QED) is 0.348. The van der Waals surface area contributed by atoms with Gasteiger partial charge in [-0.15, -0.1) is 0 Å². The standard InChI is InChI=1S/C23H25N3O7/c1-4-25-19(14-33-18-12-10-17(31-3)11-13-18)20(22(27)32-5-2)21(24-23(25)28)15-6-8-16(9-7-15)26(29)30/h6-13,21H,4-5,14H2,1-3H3,(H,24,28). The van der Waals surface area contributed by atoms with Gasteiger partial charge in [-0.1, -0.05) is 0 Å². The zero-order valence-corrected chi connectivity index (χ0v) is 18.6. The molecular weight excluding hydrogens is 430 g/mol. The highest BCUT2D eigenvalue weighted by molar-refractivity contribution is 5.95. The third-order valence-electron chi connectivity index (χ3n) is 5.12. The number of carbonyl (C=O) groups is 2. The van der Waals surface area contributed by atoms with Crippen molar-refractivity contribution < 1.29 is 28.7 Å². The normalized spacial score (nSPS) is 15.7. The van der Waals surface area contributed by atoms with Crippen molar-refractivity contribution in [3.63, 3.8) is 0 Å². The molecule has 0 aliphatic carbocycles. The Morgan fingerprint density at radius 1 is 1.09 bits per heavy atom. The van der Waals surface area contributed by atoms with Gasteiger partial charge < -0.3 is 19.5 Å². The molecule has 33 heavy (non-hydrogen) atoms. The average molecular weight is 455 g/mol. The molecule has 1 unspecified atom stereocenters. The number of esters is 1. The Balaban J connectivity index is 2.03. The summed E-state index contributed by atoms with van der Waals surface area (Å²) < 4.78 is 16.3. The summed E-state index contributed by atoms with van der Waals surface area (Å²) in [7, 11) is 1.56. The van der Waals surface area contributed by atoms with Crippen molar-refractivity contribution in [1.82, 2.24) is 10.2 Å². The van der Waals surface area contributed by atoms with Crippen LogP contribution >= 0.6 is 0 Å². The Morgan fingerprint density at radius 3 is 2.27 bits per heavy atom. The van der Waals surface area contributed by atoms with E-state index in [1.807, 2.05) is 0 Å². The van der Waals surface area contributed by atoms with Gasteiger partial charge in [0, 0.05) is 18.7 Å². The summed E-state index contributed by atoms with van der Waals surface area (Å²) in [6, 6.07) is 11.3. The minimum absolute atomic E-state index is 0.0643. The Morgan fingerprint density at radius 2 is 1.73 bits per heavy atom. The molecule has 1 atom stereocenters. The number of methoxy groups -OCH3 is 1. The summed E-state index contributed by atoms with van der Waals surface area (Å²) in [5, 5.41) is 13.8. The van der Waals surface area contributed by atoms with Crippen LogP contribution in [0, 0.1) is 10.1 Å². The van der Waals surface area contributed by atoms with Gasteiger partial charge in [0.25, 0.3) is 5.69 Å². The van der Waals surface area contributed by atoms with Gasteiger partial charge in [0.15, 0.2) is 0 Å². The zero-order chi connectivity index (χ0) is 24.0. The molecule has 174 valence electrons. The summed E-state index contributed by atoms with van der Waals surface area (Å²) in [6.45, 7) is 3.84. The number of likely N-dealkylation sites (N-methyl/N-ethyl adjacent to an activating group) is 1. The molecule has 0 fully saturated rings. The third-order valence-corrected chi connectivity index (χ3v) is 5.12. The molecule has 0 bridgehead atoms. The van der Waals surface area contributed by atoms with E-state index >= 15 is 0 Å². The Labute approximate surface area is 190 Å². The van der Waals surface area contributed by atoms with Crippen LogP contribution in [0.4, 0.5) is 10.5 Å². The van der Waals surface area contributed by atoms with Gasteiger partial charge >= 0.3 is 12.0 Å². The van der Waals surface area contributed by atoms with Crippen molar-refractivity contribution in [2.75, 3.05) is 26.9 Å². The molecule has 3 rings (SSSR count). The van der Waals surface area contributed by atoms with E-state index < -0.39 is 23.0 Å². The summed E-state index contributed by atoms with van der Waals surface area (Å²) in [6.07, 6.45) is 0. The van der Waals surface area contributed by atoms with Crippen LogP contribution in [0.1, 0.15) is 25.5 Å². The number of ether oxygens (including phenoxy) is 3. The molecule has 0 radical (unpaired) electrons. The molecule has 1 N–H and O–H groups in total. The number of benzene rings is 2. The molecule has 1 aliphatic heterocycles. The number of carbonyl (C=O) groups excluding carboxylic acids is 2. The number of nitro groups is 1. The second kappa shape index (κ2) is 10.5. The molecular formula is C23H25N3O7. The summed E-state index contributed by atoms with van der Waals surface area (Å²) in [5.74, 6) is 0.590. The van der Waals surface area contributed by atoms with E-state index in [0.29, 0.717) is 29.3 Å². The smallest absolute Gasteiger partial charge is 0.338 e. The lowest BCUT2D eigenvalue weighted by molar-refractivity contribution is -0.384. The van der Waals surface area contributed by atoms with Gasteiger partial charge in [-0.3, -0.25) is 15.0 Å². The number of nitro benzene ring substituents is 1. The molecule has 1 aliphatic rings. The van der Waals surface area contributed by atoms with Gasteiger partial charge in [-0.2, -0.15) is 0 Å². The van der Waals surface area contributed by atoms with Crippen molar-refractivity contribution in [2.24, 2.45) is 0 Å². The van der Waals surface area contributed by atoms with E-state index in [0.717, 1.165) is 0 Å². The maximum absolute atomic E-state index is 13.0. The van der Waals surface area contributed by atoms with E-state index in [-0.39, 0.29) is 24.5 Å². The van der Waals surface area contributed by atoms with Crippen LogP contribution in [0.3, 0.4) is 0 Å². The molecule has 0 aromatic heterocycles. The predicted molar refractivity (Wildman–Crippen MR) is 119 cm³/mol. The van der Waals surface area contributed by atoms with Crippen molar-refractivity contribution in [3.05, 3.63) is 75.5 Å². The van der Waals surface area contributed by atoms with E-state index in [2.05, 4.69) is 5.32 Å². The van der Waals surface area contributed by atoms with Crippen molar-refractivity contribution in [1.29, 1.82) is 0 Å². The molecule has 1 heterocycles. The highest BCUT2D eigenvalue weighted by Gasteiger charge is 2.38. The monoisotopic (exact) mass is 455 g/mol. The molecule has 2 amide bonds. The number of nitrogens with zero attached hydrogens (tertiary/aromatic N) is 2. The average Bonchev–Trinajstić information content (AvgIpc) is 2.82. The minimum Gasteiger partial charge on any atom is -0.497 e. The fourth-order valence-corrected chi connectivity index (χ4v) is 3.50. The molecule has 2 aromatic carbocycles. The fraction of sp³-hybridized carbons (Fsp3) is 0.304. The number of nitrogens with one attached hydrogen (secondary N) is 1. The molecule has 10 heteroatoms. The predicted octanol–water partition coefficient (Wildman–Crippen LogP) is 3.59. The number of urea groups is 1. The zero-order valence-electron chi connectivity index (χ0n) is 18.6. The van der Waals surface area contributed by atoms with Gasteiger partial charge in [0.1, 0.15) is 18.1 Å².